The van der Waals surface area contributed by atoms with E-state index in [1.165, 1.54) is 17.2 Å². The molecule has 3 aliphatic carbocycles. The average Bonchev–Trinajstić information content (AvgIpc) is 3.53. The summed E-state index contributed by atoms with van der Waals surface area (Å²) in [5, 5.41) is 4.11. The van der Waals surface area contributed by atoms with Crippen LogP contribution in [0, 0.1) is 24.7 Å². The highest BCUT2D eigenvalue weighted by atomic mass is 79.9. The van der Waals surface area contributed by atoms with E-state index < -0.39 is 0 Å². The summed E-state index contributed by atoms with van der Waals surface area (Å²) in [6.45, 7) is 7.71. The first-order chi connectivity index (χ1) is 20.2. The van der Waals surface area contributed by atoms with Crippen molar-refractivity contribution in [2.24, 2.45) is 17.8 Å². The second-order valence-corrected chi connectivity index (χ2v) is 13.4. The molecule has 3 aliphatic rings. The number of nitrogens with one attached hydrogen (secondary N) is 1. The van der Waals surface area contributed by atoms with Gasteiger partial charge in [-0.05, 0) is 112 Å². The average molecular weight is 632 g/mol. The van der Waals surface area contributed by atoms with E-state index in [0.29, 0.717) is 12.3 Å². The Morgan fingerprint density at radius 1 is 1.12 bits per heavy atom. The highest BCUT2D eigenvalue weighted by molar-refractivity contribution is 9.10. The van der Waals surface area contributed by atoms with Crippen molar-refractivity contribution in [1.82, 2.24) is 9.88 Å². The second-order valence-electron chi connectivity index (χ2n) is 12.4. The molecule has 0 bridgehead atoms. The lowest BCUT2D eigenvalue weighted by molar-refractivity contribution is -0.122. The van der Waals surface area contributed by atoms with Gasteiger partial charge in [0.05, 0.1) is 0 Å². The van der Waals surface area contributed by atoms with Crippen LogP contribution in [0.1, 0.15) is 87.2 Å². The molecule has 1 aromatic carbocycles. The molecule has 1 N–H and O–H groups in total. The van der Waals surface area contributed by atoms with Crippen LogP contribution in [-0.4, -0.2) is 28.1 Å². The Hall–Kier alpha value is -2.99. The van der Waals surface area contributed by atoms with E-state index in [0.717, 1.165) is 84.4 Å². The molecule has 5 rings (SSSR count). The molecule has 1 saturated carbocycles. The maximum Gasteiger partial charge on any atom is 0.240 e. The first-order valence-corrected chi connectivity index (χ1v) is 16.4. The largest absolute Gasteiger partial charge is 0.352 e. The monoisotopic (exact) mass is 630 g/mol. The lowest BCUT2D eigenvalue weighted by atomic mass is 9.80. The quantitative estimate of drug-likeness (QED) is 0.212. The van der Waals surface area contributed by atoms with Gasteiger partial charge in [0, 0.05) is 45.0 Å². The Kier molecular flexibility index (Phi) is 9.82. The van der Waals surface area contributed by atoms with Gasteiger partial charge in [-0.1, -0.05) is 53.7 Å². The molecule has 222 valence electrons. The zero-order valence-corrected chi connectivity index (χ0v) is 26.5. The number of ketones is 2. The lowest BCUT2D eigenvalue weighted by Gasteiger charge is -2.25. The Labute approximate surface area is 258 Å². The number of hydrogen-bond acceptors (Lipinski definition) is 3. The van der Waals surface area contributed by atoms with Gasteiger partial charge in [-0.3, -0.25) is 14.4 Å². The topological polar surface area (TPSA) is 68.2 Å². The van der Waals surface area contributed by atoms with E-state index in [1.807, 2.05) is 36.6 Å². The molecule has 0 radical (unpaired) electrons. The van der Waals surface area contributed by atoms with Crippen LogP contribution in [-0.2, 0) is 16.1 Å². The van der Waals surface area contributed by atoms with Crippen LogP contribution in [0.2, 0.25) is 0 Å². The van der Waals surface area contributed by atoms with E-state index in [2.05, 4.69) is 52.1 Å². The third-order valence-electron chi connectivity index (χ3n) is 9.72. The number of carbonyl (C=O) groups is 3. The van der Waals surface area contributed by atoms with Crippen molar-refractivity contribution in [3.63, 3.8) is 0 Å². The van der Waals surface area contributed by atoms with E-state index in [-0.39, 0.29) is 41.9 Å². The van der Waals surface area contributed by atoms with E-state index in [9.17, 15) is 14.4 Å². The van der Waals surface area contributed by atoms with Crippen LogP contribution in [0.15, 0.2) is 70.8 Å². The van der Waals surface area contributed by atoms with Crippen molar-refractivity contribution in [3.05, 3.63) is 82.0 Å². The van der Waals surface area contributed by atoms with E-state index in [1.54, 1.807) is 0 Å². The normalized spacial score (nSPS) is 24.4. The molecule has 1 fully saturated rings. The van der Waals surface area contributed by atoms with Crippen LogP contribution < -0.4 is 5.32 Å². The highest BCUT2D eigenvalue weighted by Crippen LogP contribution is 2.36. The van der Waals surface area contributed by atoms with Gasteiger partial charge in [-0.25, -0.2) is 0 Å². The SMILES string of the molecule is C=CC(=O)[C@H](C)C1CCC(NC(=O)Cn2c(C)c(C(=O)CCC3CCC4=C(/C=C\CC/C=C\4)C3)c3cc(Br)ccc32)C1. The smallest absolute Gasteiger partial charge is 0.240 e. The third kappa shape index (κ3) is 6.80. The number of benzene rings is 1. The van der Waals surface area contributed by atoms with Crippen LogP contribution >= 0.6 is 15.9 Å². The predicted octanol–water partition coefficient (Wildman–Crippen LogP) is 8.35. The minimum absolute atomic E-state index is 0.0575. The molecule has 5 nitrogen and oxygen atoms in total. The van der Waals surface area contributed by atoms with Crippen molar-refractivity contribution in [1.29, 1.82) is 0 Å². The number of aromatic nitrogens is 1. The number of Topliss-reactive ketones (excluding diaryl/α,β-unsaturated/α-hetero) is 1. The zero-order valence-electron chi connectivity index (χ0n) is 25.0. The molecule has 4 atom stereocenters. The van der Waals surface area contributed by atoms with Gasteiger partial charge in [-0.15, -0.1) is 0 Å². The van der Waals surface area contributed by atoms with Gasteiger partial charge in [0.25, 0.3) is 0 Å². The van der Waals surface area contributed by atoms with Gasteiger partial charge in [-0.2, -0.15) is 0 Å². The summed E-state index contributed by atoms with van der Waals surface area (Å²) in [4.78, 5) is 39.1. The van der Waals surface area contributed by atoms with Crippen LogP contribution in [0.5, 0.6) is 0 Å². The van der Waals surface area contributed by atoms with Crippen molar-refractivity contribution < 1.29 is 14.4 Å². The Balaban J connectivity index is 1.27. The molecule has 0 saturated heterocycles. The standard InChI is InChI=1S/C36H43BrN2O3/c1-4-33(40)23(2)27-14-16-30(20-27)38-35(42)22-39-24(3)36(31-21-29(37)15-17-32(31)39)34(41)18-12-25-11-13-26-9-7-5-6-8-10-28(26)19-25/h4,7-10,15,17,21,23,25,27,30H,1,5-6,11-14,16,18-20,22H2,2-3H3,(H,38,42)/b9-7-,10-8-/t23-,25?,27?,30?/m1/s1. The summed E-state index contributed by atoms with van der Waals surface area (Å²) in [5.41, 5.74) is 5.39. The molecule has 42 heavy (non-hydrogen) atoms. The number of allylic oxidation sites excluding steroid dienone is 7. The van der Waals surface area contributed by atoms with Gasteiger partial charge in [0.1, 0.15) is 6.54 Å². The highest BCUT2D eigenvalue weighted by Gasteiger charge is 2.32. The summed E-state index contributed by atoms with van der Waals surface area (Å²) in [7, 11) is 0. The molecule has 3 unspecified atom stereocenters. The number of carbonyl (C=O) groups excluding carboxylic acids is 3. The molecule has 0 aliphatic heterocycles. The first kappa shape index (κ1) is 30.5. The minimum Gasteiger partial charge on any atom is -0.352 e. The molecule has 1 amide bonds. The fraction of sp³-hybridized carbons (Fsp3) is 0.472. The number of amides is 1. The van der Waals surface area contributed by atoms with Crippen LogP contribution in [0.4, 0.5) is 0 Å². The second kappa shape index (κ2) is 13.5. The van der Waals surface area contributed by atoms with Gasteiger partial charge < -0.3 is 9.88 Å². The maximum atomic E-state index is 13.8. The molecule has 1 aromatic heterocycles. The zero-order chi connectivity index (χ0) is 29.8. The number of hydrogen-bond donors (Lipinski definition) is 1. The number of fused-ring (bicyclic) bond motifs is 1. The number of halogens is 1. The van der Waals surface area contributed by atoms with Gasteiger partial charge in [0.15, 0.2) is 11.6 Å². The lowest BCUT2D eigenvalue weighted by Crippen LogP contribution is -2.36. The summed E-state index contributed by atoms with van der Waals surface area (Å²) in [6.07, 6.45) is 20.0. The summed E-state index contributed by atoms with van der Waals surface area (Å²) in [6, 6.07) is 6.03. The Bertz CT molecular complexity index is 1480. The molecule has 1 heterocycles. The summed E-state index contributed by atoms with van der Waals surface area (Å²) in [5.74, 6) is 0.882. The van der Waals surface area contributed by atoms with Crippen LogP contribution in [0.25, 0.3) is 10.9 Å². The van der Waals surface area contributed by atoms with Crippen molar-refractivity contribution in [2.75, 3.05) is 0 Å². The minimum atomic E-state index is -0.0653. The van der Waals surface area contributed by atoms with Crippen LogP contribution in [0.3, 0.4) is 0 Å². The molecule has 2 aromatic rings. The first-order valence-electron chi connectivity index (χ1n) is 15.6. The number of nitrogens with zero attached hydrogens (tertiary/aromatic N) is 1. The molecule has 0 spiro atoms. The molecular formula is C36H43BrN2O3. The van der Waals surface area contributed by atoms with Gasteiger partial charge >= 0.3 is 0 Å². The van der Waals surface area contributed by atoms with E-state index >= 15 is 0 Å². The fourth-order valence-electron chi connectivity index (χ4n) is 7.23. The third-order valence-corrected chi connectivity index (χ3v) is 10.2. The molecule has 6 heteroatoms. The van der Waals surface area contributed by atoms with E-state index in [4.69, 9.17) is 0 Å². The predicted molar refractivity (Wildman–Crippen MR) is 173 cm³/mol. The molecular weight excluding hydrogens is 588 g/mol. The van der Waals surface area contributed by atoms with Crippen molar-refractivity contribution in [3.8, 4) is 0 Å². The van der Waals surface area contributed by atoms with Gasteiger partial charge in [0.2, 0.25) is 5.91 Å². The fourth-order valence-corrected chi connectivity index (χ4v) is 7.59. The maximum absolute atomic E-state index is 13.8. The van der Waals surface area contributed by atoms with Crippen molar-refractivity contribution in [2.45, 2.75) is 90.6 Å². The summed E-state index contributed by atoms with van der Waals surface area (Å²) < 4.78 is 2.91. The van der Waals surface area contributed by atoms with Crippen molar-refractivity contribution >= 4 is 44.3 Å². The Morgan fingerprint density at radius 2 is 1.88 bits per heavy atom. The summed E-state index contributed by atoms with van der Waals surface area (Å²) >= 11 is 3.59. The number of rotatable bonds is 10. The Morgan fingerprint density at radius 3 is 2.64 bits per heavy atom.